The van der Waals surface area contributed by atoms with Gasteiger partial charge in [0, 0.05) is 18.0 Å². The molecule has 1 atom stereocenters. The van der Waals surface area contributed by atoms with Gasteiger partial charge in [0.25, 0.3) is 0 Å². The van der Waals surface area contributed by atoms with Crippen LogP contribution in [0.5, 0.6) is 0 Å². The van der Waals surface area contributed by atoms with Crippen molar-refractivity contribution in [3.8, 4) is 0 Å². The fourth-order valence-corrected chi connectivity index (χ4v) is 2.59. The third kappa shape index (κ3) is 3.87. The highest BCUT2D eigenvalue weighted by molar-refractivity contribution is 7.78. The zero-order valence-electron chi connectivity index (χ0n) is 12.7. The van der Waals surface area contributed by atoms with E-state index in [9.17, 15) is 9.90 Å². The molecule has 0 aliphatic carbocycles. The van der Waals surface area contributed by atoms with Crippen molar-refractivity contribution >= 4 is 29.0 Å². The van der Waals surface area contributed by atoms with Gasteiger partial charge in [-0.1, -0.05) is 18.2 Å². The van der Waals surface area contributed by atoms with Crippen molar-refractivity contribution in [3.63, 3.8) is 0 Å². The lowest BCUT2D eigenvalue weighted by atomic mass is 9.85. The lowest BCUT2D eigenvalue weighted by Crippen LogP contribution is -2.47. The second kappa shape index (κ2) is 7.74. The number of pyridine rings is 1. The standard InChI is InChI=1S/C17H17N3O2S/c1-18-17(16(21)22,14-3-2-10-19-11-14)9-8-13-4-6-15(7-5-13)20-12-23/h2-7,10-11,18H,8-9H2,1H3,(H,21,22). The van der Waals surface area contributed by atoms with Gasteiger partial charge in [0.15, 0.2) is 0 Å². The number of aryl methyl sites for hydroxylation is 1. The fraction of sp³-hybridized carbons (Fsp3) is 0.235. The maximum atomic E-state index is 11.9. The fourth-order valence-electron chi connectivity index (χ4n) is 2.49. The molecular weight excluding hydrogens is 310 g/mol. The molecule has 0 radical (unpaired) electrons. The normalized spacial score (nSPS) is 12.9. The van der Waals surface area contributed by atoms with Crippen LogP contribution in [0.1, 0.15) is 17.5 Å². The Labute approximate surface area is 140 Å². The molecule has 0 saturated carbocycles. The molecular formula is C17H17N3O2S. The van der Waals surface area contributed by atoms with Crippen molar-refractivity contribution in [1.82, 2.24) is 10.3 Å². The lowest BCUT2D eigenvalue weighted by Gasteiger charge is -2.29. The number of aliphatic carboxylic acids is 1. The summed E-state index contributed by atoms with van der Waals surface area (Å²) >= 11 is 4.57. The second-order valence-electron chi connectivity index (χ2n) is 5.07. The molecule has 118 valence electrons. The molecule has 23 heavy (non-hydrogen) atoms. The topological polar surface area (TPSA) is 74.6 Å². The molecule has 2 aromatic rings. The molecule has 0 amide bonds. The minimum atomic E-state index is -1.17. The first kappa shape index (κ1) is 17.0. The number of thiocarbonyl (C=S) groups is 1. The molecule has 0 bridgehead atoms. The summed E-state index contributed by atoms with van der Waals surface area (Å²) in [7, 11) is 1.65. The number of aliphatic imine (C=N–C) groups is 1. The summed E-state index contributed by atoms with van der Waals surface area (Å²) in [6.45, 7) is 0. The monoisotopic (exact) mass is 327 g/mol. The van der Waals surface area contributed by atoms with E-state index in [0.29, 0.717) is 18.4 Å². The Balaban J connectivity index is 2.22. The van der Waals surface area contributed by atoms with Crippen molar-refractivity contribution < 1.29 is 9.90 Å². The quantitative estimate of drug-likeness (QED) is 0.604. The summed E-state index contributed by atoms with van der Waals surface area (Å²) in [6, 6.07) is 11.0. The number of likely N-dealkylation sites (N-methyl/N-ethyl adjacent to an activating group) is 1. The molecule has 6 heteroatoms. The summed E-state index contributed by atoms with van der Waals surface area (Å²) in [6.07, 6.45) is 4.22. The summed E-state index contributed by atoms with van der Waals surface area (Å²) in [4.78, 5) is 19.8. The minimum absolute atomic E-state index is 0.403. The molecule has 1 aromatic heterocycles. The number of aromatic nitrogens is 1. The van der Waals surface area contributed by atoms with Gasteiger partial charge < -0.3 is 10.4 Å². The Morgan fingerprint density at radius 3 is 2.65 bits per heavy atom. The van der Waals surface area contributed by atoms with Gasteiger partial charge in [0.1, 0.15) is 5.54 Å². The molecule has 1 heterocycles. The smallest absolute Gasteiger partial charge is 0.328 e. The maximum absolute atomic E-state index is 11.9. The third-order valence-electron chi connectivity index (χ3n) is 3.85. The van der Waals surface area contributed by atoms with Gasteiger partial charge in [0.2, 0.25) is 0 Å². The molecule has 2 rings (SSSR count). The van der Waals surface area contributed by atoms with Crippen molar-refractivity contribution in [1.29, 1.82) is 0 Å². The number of carboxylic acid groups (broad SMARTS) is 1. The highest BCUT2D eigenvalue weighted by Crippen LogP contribution is 2.27. The van der Waals surface area contributed by atoms with E-state index in [1.54, 1.807) is 31.6 Å². The predicted octanol–water partition coefficient (Wildman–Crippen LogP) is 2.95. The van der Waals surface area contributed by atoms with Gasteiger partial charge in [-0.2, -0.15) is 4.99 Å². The second-order valence-corrected chi connectivity index (χ2v) is 5.25. The molecule has 0 fully saturated rings. The van der Waals surface area contributed by atoms with Gasteiger partial charge in [-0.15, -0.1) is 0 Å². The number of nitrogens with zero attached hydrogens (tertiary/aromatic N) is 2. The molecule has 0 aliphatic heterocycles. The number of carboxylic acids is 1. The van der Waals surface area contributed by atoms with Gasteiger partial charge in [-0.05, 0) is 55.9 Å². The van der Waals surface area contributed by atoms with Gasteiger partial charge >= 0.3 is 5.97 Å². The van der Waals surface area contributed by atoms with E-state index in [-0.39, 0.29) is 0 Å². The van der Waals surface area contributed by atoms with Crippen LogP contribution in [0.3, 0.4) is 0 Å². The molecule has 1 unspecified atom stereocenters. The van der Waals surface area contributed by atoms with Crippen LogP contribution < -0.4 is 5.32 Å². The Bertz CT molecular complexity index is 712. The largest absolute Gasteiger partial charge is 0.480 e. The Kier molecular flexibility index (Phi) is 5.71. The van der Waals surface area contributed by atoms with Crippen LogP contribution in [-0.2, 0) is 16.8 Å². The van der Waals surface area contributed by atoms with Crippen LogP contribution in [0.4, 0.5) is 5.69 Å². The van der Waals surface area contributed by atoms with Crippen LogP contribution in [0, 0.1) is 0 Å². The number of isothiocyanates is 1. The third-order valence-corrected chi connectivity index (χ3v) is 3.94. The predicted molar refractivity (Wildman–Crippen MR) is 92.1 cm³/mol. The molecule has 0 spiro atoms. The van der Waals surface area contributed by atoms with Crippen molar-refractivity contribution in [2.75, 3.05) is 7.05 Å². The van der Waals surface area contributed by atoms with Crippen LogP contribution >= 0.6 is 12.2 Å². The van der Waals surface area contributed by atoms with Crippen LogP contribution in [0.2, 0.25) is 0 Å². The number of hydrogen-bond donors (Lipinski definition) is 2. The van der Waals surface area contributed by atoms with E-state index in [0.717, 1.165) is 11.3 Å². The maximum Gasteiger partial charge on any atom is 0.328 e. The van der Waals surface area contributed by atoms with Gasteiger partial charge in [0.05, 0.1) is 10.8 Å². The Hall–Kier alpha value is -2.40. The Morgan fingerprint density at radius 1 is 1.39 bits per heavy atom. The summed E-state index contributed by atoms with van der Waals surface area (Å²) in [5, 5.41) is 15.0. The van der Waals surface area contributed by atoms with Crippen molar-refractivity contribution in [2.45, 2.75) is 18.4 Å². The number of nitrogens with one attached hydrogen (secondary N) is 1. The van der Waals surface area contributed by atoms with Crippen molar-refractivity contribution in [3.05, 3.63) is 59.9 Å². The molecule has 0 aliphatic rings. The number of hydrogen-bond acceptors (Lipinski definition) is 5. The summed E-state index contributed by atoms with van der Waals surface area (Å²) in [5.74, 6) is -0.921. The first-order chi connectivity index (χ1) is 11.1. The summed E-state index contributed by atoms with van der Waals surface area (Å²) < 4.78 is 0. The summed E-state index contributed by atoms with van der Waals surface area (Å²) in [5.41, 5.74) is 1.23. The van der Waals surface area contributed by atoms with Gasteiger partial charge in [-0.3, -0.25) is 4.98 Å². The van der Waals surface area contributed by atoms with E-state index in [1.165, 1.54) is 0 Å². The average Bonchev–Trinajstić information content (AvgIpc) is 2.58. The number of carbonyl (C=O) groups is 1. The number of rotatable bonds is 7. The Morgan fingerprint density at radius 2 is 2.13 bits per heavy atom. The van der Waals surface area contributed by atoms with Gasteiger partial charge in [-0.25, -0.2) is 4.79 Å². The zero-order valence-corrected chi connectivity index (χ0v) is 13.5. The van der Waals surface area contributed by atoms with Crippen molar-refractivity contribution in [2.24, 2.45) is 4.99 Å². The average molecular weight is 327 g/mol. The minimum Gasteiger partial charge on any atom is -0.480 e. The molecule has 2 N–H and O–H groups in total. The van der Waals surface area contributed by atoms with E-state index in [2.05, 4.69) is 32.7 Å². The molecule has 5 nitrogen and oxygen atoms in total. The van der Waals surface area contributed by atoms with E-state index < -0.39 is 11.5 Å². The van der Waals surface area contributed by atoms with E-state index in [4.69, 9.17) is 0 Å². The van der Waals surface area contributed by atoms with Crippen LogP contribution in [0.15, 0.2) is 53.8 Å². The molecule has 0 saturated heterocycles. The first-order valence-corrected chi connectivity index (χ1v) is 7.53. The zero-order chi connectivity index (χ0) is 16.7. The SMILES string of the molecule is CNC(CCc1ccc(N=C=S)cc1)(C(=O)O)c1cccnc1. The number of benzene rings is 1. The molecule has 1 aromatic carbocycles. The van der Waals surface area contributed by atoms with E-state index in [1.807, 2.05) is 24.3 Å². The first-order valence-electron chi connectivity index (χ1n) is 7.12. The highest BCUT2D eigenvalue weighted by Gasteiger charge is 2.38. The highest BCUT2D eigenvalue weighted by atomic mass is 32.1. The van der Waals surface area contributed by atoms with E-state index >= 15 is 0 Å². The lowest BCUT2D eigenvalue weighted by molar-refractivity contribution is -0.145. The van der Waals surface area contributed by atoms with Crippen LogP contribution in [0.25, 0.3) is 0 Å². The van der Waals surface area contributed by atoms with Crippen LogP contribution in [-0.4, -0.2) is 28.3 Å².